The minimum absolute atomic E-state index is 0.369. The van der Waals surface area contributed by atoms with E-state index in [1.54, 1.807) is 11.3 Å². The molecule has 0 aliphatic rings. The van der Waals surface area contributed by atoms with Gasteiger partial charge in [0.15, 0.2) is 0 Å². The van der Waals surface area contributed by atoms with Crippen molar-refractivity contribution in [2.24, 2.45) is 5.41 Å². The smallest absolute Gasteiger partial charge is 0.0931 e. The van der Waals surface area contributed by atoms with Gasteiger partial charge in [-0.05, 0) is 35.8 Å². The Morgan fingerprint density at radius 3 is 2.67 bits per heavy atom. The van der Waals surface area contributed by atoms with Gasteiger partial charge >= 0.3 is 0 Å². The zero-order valence-electron chi connectivity index (χ0n) is 9.93. The Kier molecular flexibility index (Phi) is 4.63. The Morgan fingerprint density at radius 1 is 1.53 bits per heavy atom. The molecule has 1 N–H and O–H groups in total. The zero-order valence-corrected chi connectivity index (χ0v) is 11.5. The number of hydrogen-bond acceptors (Lipinski definition) is 2. The number of rotatable bonds is 5. The third-order valence-corrected chi connectivity index (χ3v) is 4.04. The molecule has 1 rings (SSSR count). The van der Waals surface area contributed by atoms with Crippen molar-refractivity contribution in [3.05, 3.63) is 21.3 Å². The highest BCUT2D eigenvalue weighted by Gasteiger charge is 2.16. The molecule has 0 aliphatic heterocycles. The van der Waals surface area contributed by atoms with Crippen molar-refractivity contribution in [3.63, 3.8) is 0 Å². The minimum atomic E-state index is 0.369. The van der Waals surface area contributed by atoms with Crippen molar-refractivity contribution in [2.75, 3.05) is 6.54 Å². The van der Waals surface area contributed by atoms with E-state index < -0.39 is 0 Å². The molecule has 3 heteroatoms. The molecule has 0 bridgehead atoms. The maximum Gasteiger partial charge on any atom is 0.0931 e. The fraction of sp³-hybridized carbons (Fsp3) is 0.667. The van der Waals surface area contributed by atoms with Crippen LogP contribution in [0, 0.1) is 5.41 Å². The van der Waals surface area contributed by atoms with E-state index in [-0.39, 0.29) is 0 Å². The van der Waals surface area contributed by atoms with Gasteiger partial charge in [0.2, 0.25) is 0 Å². The van der Waals surface area contributed by atoms with E-state index in [0.29, 0.717) is 11.5 Å². The summed E-state index contributed by atoms with van der Waals surface area (Å²) >= 11 is 7.51. The van der Waals surface area contributed by atoms with Crippen molar-refractivity contribution in [1.29, 1.82) is 0 Å². The molecule has 0 saturated heterocycles. The summed E-state index contributed by atoms with van der Waals surface area (Å²) in [5.74, 6) is 0. The molecular weight excluding hydrogens is 226 g/mol. The number of halogens is 1. The number of thiophene rings is 1. The maximum absolute atomic E-state index is 5.91. The first-order valence-electron chi connectivity index (χ1n) is 5.42. The topological polar surface area (TPSA) is 12.0 Å². The number of nitrogens with one attached hydrogen (secondary N) is 1. The van der Waals surface area contributed by atoms with Crippen molar-refractivity contribution in [3.8, 4) is 0 Å². The highest BCUT2D eigenvalue weighted by Crippen LogP contribution is 2.26. The summed E-state index contributed by atoms with van der Waals surface area (Å²) in [6, 6.07) is 2.43. The third-order valence-electron chi connectivity index (χ3n) is 2.93. The van der Waals surface area contributed by atoms with E-state index in [9.17, 15) is 0 Å². The van der Waals surface area contributed by atoms with Gasteiger partial charge in [-0.25, -0.2) is 0 Å². The standard InChI is InChI=1S/C12H20ClNS/c1-5-12(3,4)8-14-9(2)10-6-11(13)15-7-10/h6-7,9,14H,5,8H2,1-4H3. The Bertz CT molecular complexity index is 306. The van der Waals surface area contributed by atoms with Crippen LogP contribution in [0.25, 0.3) is 0 Å². The lowest BCUT2D eigenvalue weighted by atomic mass is 9.90. The molecule has 1 nitrogen and oxygen atoms in total. The van der Waals surface area contributed by atoms with Crippen molar-refractivity contribution < 1.29 is 0 Å². The third kappa shape index (κ3) is 4.13. The second kappa shape index (κ2) is 5.33. The van der Waals surface area contributed by atoms with Gasteiger partial charge in [0.1, 0.15) is 0 Å². The van der Waals surface area contributed by atoms with Crippen LogP contribution in [-0.4, -0.2) is 6.54 Å². The molecule has 86 valence electrons. The van der Waals surface area contributed by atoms with Gasteiger partial charge < -0.3 is 5.32 Å². The first kappa shape index (κ1) is 13.0. The Labute approximate surface area is 102 Å². The zero-order chi connectivity index (χ0) is 11.5. The normalized spacial score (nSPS) is 14.2. The summed E-state index contributed by atoms with van der Waals surface area (Å²) in [6.45, 7) is 10.0. The van der Waals surface area contributed by atoms with Crippen LogP contribution in [0.1, 0.15) is 45.7 Å². The molecule has 0 spiro atoms. The van der Waals surface area contributed by atoms with Gasteiger partial charge in [-0.3, -0.25) is 0 Å². The molecule has 0 aliphatic carbocycles. The number of hydrogen-bond donors (Lipinski definition) is 1. The first-order valence-corrected chi connectivity index (χ1v) is 6.67. The van der Waals surface area contributed by atoms with Crippen LogP contribution in [0.3, 0.4) is 0 Å². The molecule has 1 aromatic rings. The molecule has 0 aromatic carbocycles. The van der Waals surface area contributed by atoms with Crippen LogP contribution in [0.2, 0.25) is 4.34 Å². The highest BCUT2D eigenvalue weighted by atomic mass is 35.5. The Morgan fingerprint density at radius 2 is 2.20 bits per heavy atom. The predicted octanol–water partition coefficient (Wildman–Crippen LogP) is 4.49. The van der Waals surface area contributed by atoms with Crippen LogP contribution >= 0.6 is 22.9 Å². The molecule has 1 heterocycles. The monoisotopic (exact) mass is 245 g/mol. The lowest BCUT2D eigenvalue weighted by molar-refractivity contribution is 0.314. The molecule has 1 atom stereocenters. The molecule has 0 amide bonds. The van der Waals surface area contributed by atoms with Crippen molar-refractivity contribution >= 4 is 22.9 Å². The quantitative estimate of drug-likeness (QED) is 0.806. The predicted molar refractivity (Wildman–Crippen MR) is 69.8 cm³/mol. The van der Waals surface area contributed by atoms with Gasteiger partial charge in [0.25, 0.3) is 0 Å². The molecule has 0 saturated carbocycles. The molecular formula is C12H20ClNS. The lowest BCUT2D eigenvalue weighted by Gasteiger charge is -2.25. The van der Waals surface area contributed by atoms with Crippen LogP contribution in [-0.2, 0) is 0 Å². The summed E-state index contributed by atoms with van der Waals surface area (Å²) in [4.78, 5) is 0. The van der Waals surface area contributed by atoms with Gasteiger partial charge in [0, 0.05) is 12.6 Å². The van der Waals surface area contributed by atoms with E-state index in [1.807, 2.05) is 6.07 Å². The van der Waals surface area contributed by atoms with E-state index in [1.165, 1.54) is 12.0 Å². The SMILES string of the molecule is CCC(C)(C)CNC(C)c1csc(Cl)c1. The average Bonchev–Trinajstić information content (AvgIpc) is 2.61. The fourth-order valence-corrected chi connectivity index (χ4v) is 2.21. The van der Waals surface area contributed by atoms with E-state index >= 15 is 0 Å². The second-order valence-corrected chi connectivity index (χ2v) is 6.35. The average molecular weight is 246 g/mol. The van der Waals surface area contributed by atoms with Crippen molar-refractivity contribution in [2.45, 2.75) is 40.2 Å². The highest BCUT2D eigenvalue weighted by molar-refractivity contribution is 7.14. The van der Waals surface area contributed by atoms with Crippen LogP contribution < -0.4 is 5.32 Å². The first-order chi connectivity index (χ1) is 6.94. The van der Waals surface area contributed by atoms with Gasteiger partial charge in [-0.1, -0.05) is 32.4 Å². The van der Waals surface area contributed by atoms with Crippen LogP contribution in [0.5, 0.6) is 0 Å². The van der Waals surface area contributed by atoms with Crippen LogP contribution in [0.15, 0.2) is 11.4 Å². The van der Waals surface area contributed by atoms with E-state index in [4.69, 9.17) is 11.6 Å². The molecule has 1 unspecified atom stereocenters. The van der Waals surface area contributed by atoms with Gasteiger partial charge in [-0.15, -0.1) is 11.3 Å². The maximum atomic E-state index is 5.91. The molecule has 1 aromatic heterocycles. The summed E-state index contributed by atoms with van der Waals surface area (Å²) in [5.41, 5.74) is 1.66. The summed E-state index contributed by atoms with van der Waals surface area (Å²) < 4.78 is 0.869. The second-order valence-electron chi connectivity index (χ2n) is 4.80. The summed E-state index contributed by atoms with van der Waals surface area (Å²) in [5, 5.41) is 5.68. The minimum Gasteiger partial charge on any atom is -0.310 e. The molecule has 15 heavy (non-hydrogen) atoms. The van der Waals surface area contributed by atoms with E-state index in [0.717, 1.165) is 10.9 Å². The summed E-state index contributed by atoms with van der Waals surface area (Å²) in [7, 11) is 0. The lowest BCUT2D eigenvalue weighted by Crippen LogP contribution is -2.30. The van der Waals surface area contributed by atoms with Gasteiger partial charge in [-0.2, -0.15) is 0 Å². The van der Waals surface area contributed by atoms with Crippen molar-refractivity contribution in [1.82, 2.24) is 5.32 Å². The van der Waals surface area contributed by atoms with Gasteiger partial charge in [0.05, 0.1) is 4.34 Å². The largest absolute Gasteiger partial charge is 0.310 e. The fourth-order valence-electron chi connectivity index (χ4n) is 1.22. The Balaban J connectivity index is 2.46. The van der Waals surface area contributed by atoms with E-state index in [2.05, 4.69) is 38.4 Å². The molecule has 0 fully saturated rings. The van der Waals surface area contributed by atoms with Crippen LogP contribution in [0.4, 0.5) is 0 Å². The summed E-state index contributed by atoms with van der Waals surface area (Å²) in [6.07, 6.45) is 1.19. The molecule has 0 radical (unpaired) electrons. The Hall–Kier alpha value is -0.0500.